The average molecular weight is 162 g/mol. The highest BCUT2D eigenvalue weighted by molar-refractivity contribution is 5.55. The van der Waals surface area contributed by atoms with Crippen molar-refractivity contribution in [3.8, 4) is 0 Å². The second kappa shape index (κ2) is 3.15. The summed E-state index contributed by atoms with van der Waals surface area (Å²) in [6, 6.07) is 0. The molecule has 1 aliphatic rings. The maximum Gasteiger partial charge on any atom is 0.0412 e. The van der Waals surface area contributed by atoms with Crippen LogP contribution in [0.25, 0.3) is 6.08 Å². The maximum absolute atomic E-state index is 5.52. The van der Waals surface area contributed by atoms with E-state index in [1.54, 1.807) is 0 Å². The molecule has 0 saturated carbocycles. The number of allylic oxidation sites excluding steroid dienone is 1. The fraction of sp³-hybridized carbons (Fsp3) is 0.400. The highest BCUT2D eigenvalue weighted by Crippen LogP contribution is 2.22. The third-order valence-electron chi connectivity index (χ3n) is 2.37. The van der Waals surface area contributed by atoms with E-state index in [0.29, 0.717) is 0 Å². The van der Waals surface area contributed by atoms with Crippen LogP contribution < -0.4 is 5.73 Å². The standard InChI is InChI=1S/C10H14N2/c11-6-5-8-7-12-10-4-2-1-3-9(8)10/h2,4,7,12H,1,3,5-6,11H2. The van der Waals surface area contributed by atoms with Crippen LogP contribution in [0, 0.1) is 0 Å². The predicted octanol–water partition coefficient (Wildman–Crippen LogP) is 1.48. The summed E-state index contributed by atoms with van der Waals surface area (Å²) in [4.78, 5) is 3.27. The van der Waals surface area contributed by atoms with Crippen LogP contribution in [-0.2, 0) is 12.8 Å². The minimum atomic E-state index is 0.744. The van der Waals surface area contributed by atoms with E-state index < -0.39 is 0 Å². The average Bonchev–Trinajstić information content (AvgIpc) is 2.50. The number of hydrogen-bond acceptors (Lipinski definition) is 1. The van der Waals surface area contributed by atoms with E-state index in [-0.39, 0.29) is 0 Å². The number of aromatic nitrogens is 1. The Bertz CT molecular complexity index is 297. The second-order valence-corrected chi connectivity index (χ2v) is 3.19. The van der Waals surface area contributed by atoms with Gasteiger partial charge in [-0.3, -0.25) is 0 Å². The van der Waals surface area contributed by atoms with Gasteiger partial charge in [-0.05, 0) is 43.0 Å². The maximum atomic E-state index is 5.52. The smallest absolute Gasteiger partial charge is 0.0412 e. The summed E-state index contributed by atoms with van der Waals surface area (Å²) >= 11 is 0. The Morgan fingerprint density at radius 3 is 3.25 bits per heavy atom. The summed E-state index contributed by atoms with van der Waals surface area (Å²) in [6.07, 6.45) is 9.81. The first-order chi connectivity index (χ1) is 5.92. The van der Waals surface area contributed by atoms with Gasteiger partial charge >= 0.3 is 0 Å². The summed E-state index contributed by atoms with van der Waals surface area (Å²) in [7, 11) is 0. The molecule has 64 valence electrons. The first-order valence-corrected chi connectivity index (χ1v) is 4.47. The number of H-pyrrole nitrogens is 1. The van der Waals surface area contributed by atoms with E-state index in [0.717, 1.165) is 13.0 Å². The molecule has 1 heterocycles. The van der Waals surface area contributed by atoms with Crippen LogP contribution in [0.3, 0.4) is 0 Å². The van der Waals surface area contributed by atoms with E-state index in [1.165, 1.54) is 29.7 Å². The highest BCUT2D eigenvalue weighted by atomic mass is 14.7. The zero-order valence-corrected chi connectivity index (χ0v) is 7.14. The van der Waals surface area contributed by atoms with Gasteiger partial charge in [-0.1, -0.05) is 6.08 Å². The SMILES string of the molecule is NCCc1c[nH]c2c1CCC=C2. The lowest BCUT2D eigenvalue weighted by Gasteiger charge is -2.06. The van der Waals surface area contributed by atoms with Gasteiger partial charge in [-0.15, -0.1) is 0 Å². The number of fused-ring (bicyclic) bond motifs is 1. The fourth-order valence-electron chi connectivity index (χ4n) is 1.76. The van der Waals surface area contributed by atoms with Crippen molar-refractivity contribution in [1.82, 2.24) is 4.98 Å². The van der Waals surface area contributed by atoms with Gasteiger partial charge in [0.05, 0.1) is 0 Å². The Hall–Kier alpha value is -1.02. The molecule has 0 radical (unpaired) electrons. The van der Waals surface area contributed by atoms with Crippen LogP contribution in [0.2, 0.25) is 0 Å². The third-order valence-corrected chi connectivity index (χ3v) is 2.37. The second-order valence-electron chi connectivity index (χ2n) is 3.19. The van der Waals surface area contributed by atoms with E-state index in [2.05, 4.69) is 23.3 Å². The van der Waals surface area contributed by atoms with Gasteiger partial charge in [0, 0.05) is 11.9 Å². The third kappa shape index (κ3) is 1.18. The van der Waals surface area contributed by atoms with Crippen LogP contribution >= 0.6 is 0 Å². The van der Waals surface area contributed by atoms with Crippen molar-refractivity contribution >= 4 is 6.08 Å². The van der Waals surface area contributed by atoms with Gasteiger partial charge in [-0.2, -0.15) is 0 Å². The lowest BCUT2D eigenvalue weighted by molar-refractivity contribution is 0.917. The van der Waals surface area contributed by atoms with Crippen LogP contribution in [0.1, 0.15) is 23.2 Å². The minimum absolute atomic E-state index is 0.744. The molecule has 0 unspecified atom stereocenters. The lowest BCUT2D eigenvalue weighted by atomic mass is 9.99. The quantitative estimate of drug-likeness (QED) is 0.679. The van der Waals surface area contributed by atoms with Crippen molar-refractivity contribution in [2.45, 2.75) is 19.3 Å². The first kappa shape index (κ1) is 7.62. The van der Waals surface area contributed by atoms with Gasteiger partial charge in [0.15, 0.2) is 0 Å². The summed E-state index contributed by atoms with van der Waals surface area (Å²) in [5, 5.41) is 0. The first-order valence-electron chi connectivity index (χ1n) is 4.47. The topological polar surface area (TPSA) is 41.8 Å². The Kier molecular flexibility index (Phi) is 2.00. The van der Waals surface area contributed by atoms with Gasteiger partial charge < -0.3 is 10.7 Å². The lowest BCUT2D eigenvalue weighted by Crippen LogP contribution is -2.04. The van der Waals surface area contributed by atoms with Crippen molar-refractivity contribution in [2.24, 2.45) is 5.73 Å². The van der Waals surface area contributed by atoms with Crippen molar-refractivity contribution in [2.75, 3.05) is 6.54 Å². The summed E-state index contributed by atoms with van der Waals surface area (Å²) in [5.41, 5.74) is 9.68. The molecule has 12 heavy (non-hydrogen) atoms. The van der Waals surface area contributed by atoms with E-state index in [1.807, 2.05) is 0 Å². The number of nitrogens with one attached hydrogen (secondary N) is 1. The molecule has 0 fully saturated rings. The molecular weight excluding hydrogens is 148 g/mol. The summed E-state index contributed by atoms with van der Waals surface area (Å²) < 4.78 is 0. The van der Waals surface area contributed by atoms with E-state index in [9.17, 15) is 0 Å². The molecule has 1 aliphatic carbocycles. The molecule has 0 aliphatic heterocycles. The number of nitrogens with two attached hydrogens (primary N) is 1. The molecule has 2 nitrogen and oxygen atoms in total. The van der Waals surface area contributed by atoms with Gasteiger partial charge in [0.25, 0.3) is 0 Å². The molecule has 0 bridgehead atoms. The molecule has 0 spiro atoms. The molecule has 0 amide bonds. The van der Waals surface area contributed by atoms with E-state index >= 15 is 0 Å². The molecular formula is C10H14N2. The Morgan fingerprint density at radius 1 is 1.50 bits per heavy atom. The fourth-order valence-corrected chi connectivity index (χ4v) is 1.76. The number of rotatable bonds is 2. The summed E-state index contributed by atoms with van der Waals surface area (Å²) in [5.74, 6) is 0. The van der Waals surface area contributed by atoms with Crippen LogP contribution in [0.4, 0.5) is 0 Å². The molecule has 1 aromatic rings. The van der Waals surface area contributed by atoms with Crippen molar-refractivity contribution < 1.29 is 0 Å². The predicted molar refractivity (Wildman–Crippen MR) is 50.9 cm³/mol. The van der Waals surface area contributed by atoms with Gasteiger partial charge in [-0.25, -0.2) is 0 Å². The highest BCUT2D eigenvalue weighted by Gasteiger charge is 2.10. The van der Waals surface area contributed by atoms with Crippen molar-refractivity contribution in [1.29, 1.82) is 0 Å². The molecule has 2 heteroatoms. The zero-order chi connectivity index (χ0) is 8.39. The number of hydrogen-bond donors (Lipinski definition) is 2. The molecule has 1 aromatic heterocycles. The van der Waals surface area contributed by atoms with Gasteiger partial charge in [0.2, 0.25) is 0 Å². The zero-order valence-electron chi connectivity index (χ0n) is 7.14. The minimum Gasteiger partial charge on any atom is -0.361 e. The van der Waals surface area contributed by atoms with Gasteiger partial charge in [0.1, 0.15) is 0 Å². The molecule has 0 aromatic carbocycles. The van der Waals surface area contributed by atoms with Crippen molar-refractivity contribution in [3.63, 3.8) is 0 Å². The van der Waals surface area contributed by atoms with Crippen LogP contribution in [0.5, 0.6) is 0 Å². The normalized spacial score (nSPS) is 14.8. The Balaban J connectivity index is 2.33. The molecule has 0 saturated heterocycles. The molecule has 3 N–H and O–H groups in total. The summed E-state index contributed by atoms with van der Waals surface area (Å²) in [6.45, 7) is 0.744. The largest absolute Gasteiger partial charge is 0.361 e. The molecule has 0 atom stereocenters. The van der Waals surface area contributed by atoms with Crippen molar-refractivity contribution in [3.05, 3.63) is 29.1 Å². The van der Waals surface area contributed by atoms with Crippen LogP contribution in [-0.4, -0.2) is 11.5 Å². The van der Waals surface area contributed by atoms with E-state index in [4.69, 9.17) is 5.73 Å². The Morgan fingerprint density at radius 2 is 2.42 bits per heavy atom. The number of aromatic amines is 1. The Labute approximate surface area is 72.5 Å². The monoisotopic (exact) mass is 162 g/mol. The van der Waals surface area contributed by atoms with Crippen LogP contribution in [0.15, 0.2) is 12.3 Å². The molecule has 2 rings (SSSR count).